The predicted molar refractivity (Wildman–Crippen MR) is 53.0 cm³/mol. The molecule has 0 aliphatic rings. The molecule has 0 aliphatic heterocycles. The molecule has 2 aromatic rings. The van der Waals surface area contributed by atoms with E-state index in [-0.39, 0.29) is 0 Å². The van der Waals surface area contributed by atoms with Gasteiger partial charge in [0, 0.05) is 11.7 Å². The summed E-state index contributed by atoms with van der Waals surface area (Å²) in [6.45, 7) is 0. The van der Waals surface area contributed by atoms with Gasteiger partial charge in [-0.05, 0) is 23.1 Å². The summed E-state index contributed by atoms with van der Waals surface area (Å²) < 4.78 is 0. The van der Waals surface area contributed by atoms with Crippen LogP contribution in [0.15, 0.2) is 30.5 Å². The van der Waals surface area contributed by atoms with E-state index in [1.807, 2.05) is 30.5 Å². The topological polar surface area (TPSA) is 32.9 Å². The number of rotatable bonds is 2. The SMILES string of the molecule is O=CC(Cl)c1ccc2cc[nH]c2c1. The van der Waals surface area contributed by atoms with Gasteiger partial charge in [-0.25, -0.2) is 0 Å². The van der Waals surface area contributed by atoms with Gasteiger partial charge >= 0.3 is 0 Å². The quantitative estimate of drug-likeness (QED) is 0.577. The Morgan fingerprint density at radius 2 is 2.23 bits per heavy atom. The molecule has 0 fully saturated rings. The molecule has 2 nitrogen and oxygen atoms in total. The van der Waals surface area contributed by atoms with Gasteiger partial charge in [-0.2, -0.15) is 0 Å². The summed E-state index contributed by atoms with van der Waals surface area (Å²) in [7, 11) is 0. The Balaban J connectivity index is 2.53. The van der Waals surface area contributed by atoms with Crippen LogP contribution in [0.2, 0.25) is 0 Å². The second-order valence-corrected chi connectivity index (χ2v) is 3.33. The number of fused-ring (bicyclic) bond motifs is 1. The third kappa shape index (κ3) is 1.45. The van der Waals surface area contributed by atoms with Gasteiger partial charge in [0.2, 0.25) is 0 Å². The Bertz CT molecular complexity index is 435. The monoisotopic (exact) mass is 193 g/mol. The van der Waals surface area contributed by atoms with E-state index in [1.165, 1.54) is 0 Å². The third-order valence-electron chi connectivity index (χ3n) is 2.02. The highest BCUT2D eigenvalue weighted by Crippen LogP contribution is 2.22. The van der Waals surface area contributed by atoms with Crippen LogP contribution in [-0.4, -0.2) is 11.3 Å². The number of alkyl halides is 1. The van der Waals surface area contributed by atoms with Crippen molar-refractivity contribution in [3.63, 3.8) is 0 Å². The number of H-pyrrole nitrogens is 1. The van der Waals surface area contributed by atoms with Gasteiger partial charge in [-0.3, -0.25) is 0 Å². The Labute approximate surface area is 80.5 Å². The summed E-state index contributed by atoms with van der Waals surface area (Å²) in [6.07, 6.45) is 2.59. The molecule has 0 saturated heterocycles. The van der Waals surface area contributed by atoms with Gasteiger partial charge < -0.3 is 9.78 Å². The summed E-state index contributed by atoms with van der Waals surface area (Å²) in [6, 6.07) is 7.67. The van der Waals surface area contributed by atoms with Crippen molar-refractivity contribution in [1.29, 1.82) is 0 Å². The molecule has 0 radical (unpaired) electrons. The van der Waals surface area contributed by atoms with Crippen molar-refractivity contribution in [3.8, 4) is 0 Å². The number of carbonyl (C=O) groups excluding carboxylic acids is 1. The molecule has 13 heavy (non-hydrogen) atoms. The average molecular weight is 194 g/mol. The molecule has 1 aromatic carbocycles. The number of benzene rings is 1. The minimum Gasteiger partial charge on any atom is -0.361 e. The highest BCUT2D eigenvalue weighted by Gasteiger charge is 2.06. The van der Waals surface area contributed by atoms with Crippen LogP contribution in [0.1, 0.15) is 10.9 Å². The fraction of sp³-hybridized carbons (Fsp3) is 0.100. The number of carbonyl (C=O) groups is 1. The number of nitrogens with one attached hydrogen (secondary N) is 1. The first-order valence-electron chi connectivity index (χ1n) is 3.97. The highest BCUT2D eigenvalue weighted by atomic mass is 35.5. The molecule has 66 valence electrons. The molecule has 1 unspecified atom stereocenters. The molecule has 0 saturated carbocycles. The molecule has 0 spiro atoms. The van der Waals surface area contributed by atoms with Crippen molar-refractivity contribution in [1.82, 2.24) is 4.98 Å². The first-order valence-corrected chi connectivity index (χ1v) is 4.41. The van der Waals surface area contributed by atoms with E-state index < -0.39 is 5.38 Å². The first-order chi connectivity index (χ1) is 6.31. The minimum absolute atomic E-state index is 0.548. The van der Waals surface area contributed by atoms with E-state index in [9.17, 15) is 4.79 Å². The van der Waals surface area contributed by atoms with E-state index in [0.29, 0.717) is 0 Å². The lowest BCUT2D eigenvalue weighted by Crippen LogP contribution is -1.90. The number of aldehydes is 1. The largest absolute Gasteiger partial charge is 0.361 e. The molecular formula is C10H8ClNO. The van der Waals surface area contributed by atoms with Gasteiger partial charge in [0.1, 0.15) is 11.7 Å². The standard InChI is InChI=1S/C10H8ClNO/c11-9(6-13)8-2-1-7-3-4-12-10(7)5-8/h1-6,9,12H. The Kier molecular flexibility index (Phi) is 2.07. The zero-order valence-electron chi connectivity index (χ0n) is 6.83. The maximum atomic E-state index is 10.4. The van der Waals surface area contributed by atoms with Gasteiger partial charge in [-0.15, -0.1) is 11.6 Å². The number of hydrogen-bond donors (Lipinski definition) is 1. The minimum atomic E-state index is -0.548. The van der Waals surface area contributed by atoms with Gasteiger partial charge in [0.15, 0.2) is 0 Å². The second-order valence-electron chi connectivity index (χ2n) is 2.86. The number of aromatic amines is 1. The van der Waals surface area contributed by atoms with E-state index in [2.05, 4.69) is 4.98 Å². The van der Waals surface area contributed by atoms with Crippen LogP contribution in [0, 0.1) is 0 Å². The second kappa shape index (κ2) is 3.23. The van der Waals surface area contributed by atoms with Crippen molar-refractivity contribution in [2.24, 2.45) is 0 Å². The average Bonchev–Trinajstić information content (AvgIpc) is 2.63. The maximum Gasteiger partial charge on any atom is 0.142 e. The summed E-state index contributed by atoms with van der Waals surface area (Å²) in [5.74, 6) is 0. The fourth-order valence-corrected chi connectivity index (χ4v) is 1.45. The summed E-state index contributed by atoms with van der Waals surface area (Å²) in [4.78, 5) is 13.5. The zero-order valence-corrected chi connectivity index (χ0v) is 7.58. The predicted octanol–water partition coefficient (Wildman–Crippen LogP) is 2.65. The normalized spacial score (nSPS) is 13.0. The number of aromatic nitrogens is 1. The maximum absolute atomic E-state index is 10.4. The molecule has 1 N–H and O–H groups in total. The van der Waals surface area contributed by atoms with Crippen LogP contribution >= 0.6 is 11.6 Å². The van der Waals surface area contributed by atoms with Crippen molar-refractivity contribution in [2.75, 3.05) is 0 Å². The van der Waals surface area contributed by atoms with Crippen LogP contribution < -0.4 is 0 Å². The van der Waals surface area contributed by atoms with Gasteiger partial charge in [-0.1, -0.05) is 12.1 Å². The Morgan fingerprint density at radius 1 is 1.38 bits per heavy atom. The highest BCUT2D eigenvalue weighted by molar-refractivity contribution is 6.27. The lowest BCUT2D eigenvalue weighted by atomic mass is 10.1. The van der Waals surface area contributed by atoms with E-state index in [1.54, 1.807) is 0 Å². The van der Waals surface area contributed by atoms with Crippen molar-refractivity contribution < 1.29 is 4.79 Å². The van der Waals surface area contributed by atoms with Crippen molar-refractivity contribution in [2.45, 2.75) is 5.38 Å². The smallest absolute Gasteiger partial charge is 0.142 e. The van der Waals surface area contributed by atoms with Crippen LogP contribution in [0.4, 0.5) is 0 Å². The van der Waals surface area contributed by atoms with Gasteiger partial charge in [0.05, 0.1) is 0 Å². The first kappa shape index (κ1) is 8.32. The molecular weight excluding hydrogens is 186 g/mol. The van der Waals surface area contributed by atoms with Crippen molar-refractivity contribution in [3.05, 3.63) is 36.0 Å². The molecule has 1 aromatic heterocycles. The Hall–Kier alpha value is -1.28. The number of halogens is 1. The van der Waals surface area contributed by atoms with Crippen LogP contribution in [-0.2, 0) is 4.79 Å². The lowest BCUT2D eigenvalue weighted by molar-refractivity contribution is -0.107. The van der Waals surface area contributed by atoms with Crippen LogP contribution in [0.5, 0.6) is 0 Å². The summed E-state index contributed by atoms with van der Waals surface area (Å²) in [5.41, 5.74) is 1.83. The van der Waals surface area contributed by atoms with Crippen LogP contribution in [0.3, 0.4) is 0 Å². The zero-order chi connectivity index (χ0) is 9.26. The fourth-order valence-electron chi connectivity index (χ4n) is 1.32. The molecule has 0 aliphatic carbocycles. The third-order valence-corrected chi connectivity index (χ3v) is 2.37. The molecule has 1 atom stereocenters. The molecule has 0 amide bonds. The van der Waals surface area contributed by atoms with E-state index >= 15 is 0 Å². The molecule has 2 rings (SSSR count). The molecule has 0 bridgehead atoms. The number of hydrogen-bond acceptors (Lipinski definition) is 1. The lowest BCUT2D eigenvalue weighted by Gasteiger charge is -2.01. The summed E-state index contributed by atoms with van der Waals surface area (Å²) in [5, 5.41) is 0.575. The molecule has 1 heterocycles. The summed E-state index contributed by atoms with van der Waals surface area (Å²) >= 11 is 5.78. The Morgan fingerprint density at radius 3 is 3.00 bits per heavy atom. The molecule has 3 heteroatoms. The van der Waals surface area contributed by atoms with Crippen LogP contribution in [0.25, 0.3) is 10.9 Å². The van der Waals surface area contributed by atoms with Gasteiger partial charge in [0.25, 0.3) is 0 Å². The van der Waals surface area contributed by atoms with E-state index in [0.717, 1.165) is 22.8 Å². The van der Waals surface area contributed by atoms with E-state index in [4.69, 9.17) is 11.6 Å². The van der Waals surface area contributed by atoms with Crippen molar-refractivity contribution >= 4 is 28.8 Å².